The highest BCUT2D eigenvalue weighted by molar-refractivity contribution is 7.47. The number of phosphoric ester groups is 1. The summed E-state index contributed by atoms with van der Waals surface area (Å²) in [5, 5.41) is 9.75. The second-order valence-corrected chi connectivity index (χ2v) is 19.1. The number of hydrogen-bond acceptors (Lipinski definition) is 10. The number of unbranched alkanes of at least 4 members (excludes halogenated alkanes) is 20. The molecule has 68 heavy (non-hydrogen) atoms. The van der Waals surface area contributed by atoms with E-state index >= 15 is 0 Å². The Morgan fingerprint density at radius 2 is 0.765 bits per heavy atom. The first kappa shape index (κ1) is 64.9. The maximum Gasteiger partial charge on any atom is 0.472 e. The highest BCUT2D eigenvalue weighted by atomic mass is 31.2. The zero-order chi connectivity index (χ0) is 49.9. The maximum absolute atomic E-state index is 12.9. The minimum Gasteiger partial charge on any atom is -0.462 e. The molecule has 0 aromatic rings. The third-order valence-electron chi connectivity index (χ3n) is 11.1. The van der Waals surface area contributed by atoms with Crippen LogP contribution in [0.15, 0.2) is 72.9 Å². The molecule has 0 aliphatic rings. The molecule has 392 valence electrons. The molecule has 0 amide bonds. The van der Waals surface area contributed by atoms with Gasteiger partial charge in [-0.3, -0.25) is 23.4 Å². The number of aliphatic hydroxyl groups excluding tert-OH is 1. The summed E-state index contributed by atoms with van der Waals surface area (Å²) in [6, 6.07) is 0. The Hall–Kier alpha value is -3.08. The number of rotatable bonds is 49. The van der Waals surface area contributed by atoms with Gasteiger partial charge < -0.3 is 24.2 Å². The lowest BCUT2D eigenvalue weighted by molar-refractivity contribution is -0.161. The summed E-state index contributed by atoms with van der Waals surface area (Å²) < 4.78 is 39.3. The molecular weight excluding hydrogens is 880 g/mol. The van der Waals surface area contributed by atoms with Crippen LogP contribution < -0.4 is 0 Å². The van der Waals surface area contributed by atoms with Crippen molar-refractivity contribution in [3.63, 3.8) is 0 Å². The minimum absolute atomic E-state index is 0.148. The van der Waals surface area contributed by atoms with Crippen molar-refractivity contribution < 1.29 is 52.2 Å². The SMILES string of the molecule is CC/C=C\C/C=C\C/C=C\C/C=C\CCCCC(=O)OCC(COP(=O)(O)OCC(CO)OC(=O)CCCCCCCCCCC)OC(=O)CCCCCCCCC/C=C\C/C=C\CCCCC. The van der Waals surface area contributed by atoms with Crippen molar-refractivity contribution in [2.45, 2.75) is 238 Å². The summed E-state index contributed by atoms with van der Waals surface area (Å²) in [6.07, 6.45) is 54.5. The van der Waals surface area contributed by atoms with E-state index in [-0.39, 0.29) is 25.9 Å². The summed E-state index contributed by atoms with van der Waals surface area (Å²) in [7, 11) is -4.75. The van der Waals surface area contributed by atoms with Crippen LogP contribution in [0, 0.1) is 0 Å². The molecule has 0 bridgehead atoms. The zero-order valence-electron chi connectivity index (χ0n) is 43.1. The van der Waals surface area contributed by atoms with Crippen LogP contribution in [0.4, 0.5) is 0 Å². The zero-order valence-corrected chi connectivity index (χ0v) is 43.9. The number of hydrogen-bond donors (Lipinski definition) is 2. The van der Waals surface area contributed by atoms with Gasteiger partial charge in [0.25, 0.3) is 0 Å². The van der Waals surface area contributed by atoms with E-state index in [0.717, 1.165) is 96.3 Å². The molecule has 0 aliphatic carbocycles. The standard InChI is InChI=1S/C56H97O11P/c1-4-7-10-13-16-19-21-23-25-26-28-30-32-35-38-41-44-47-56(60)67-53(49-63-54(58)45-42-39-36-34-31-29-27-24-22-20-17-14-11-8-5-2)51-65-68(61,62)64-50-52(48-57)66-55(59)46-43-40-37-33-18-15-12-9-6-3/h8,11,16-17,19-20,23-25,27,31,34,52-53,57H,4-7,9-10,12-15,18,21-22,26,28-30,32-33,35-51H2,1-3H3,(H,61,62)/b11-8-,19-16-,20-17-,25-23-,27-24-,34-31-. The Bertz CT molecular complexity index is 1420. The quantitative estimate of drug-likeness (QED) is 0.0197. The van der Waals surface area contributed by atoms with E-state index in [0.29, 0.717) is 19.3 Å². The summed E-state index contributed by atoms with van der Waals surface area (Å²) in [6.45, 7) is 4.41. The van der Waals surface area contributed by atoms with Crippen molar-refractivity contribution in [3.05, 3.63) is 72.9 Å². The van der Waals surface area contributed by atoms with Crippen molar-refractivity contribution in [2.24, 2.45) is 0 Å². The smallest absolute Gasteiger partial charge is 0.462 e. The number of aliphatic hydroxyl groups is 1. The maximum atomic E-state index is 12.9. The van der Waals surface area contributed by atoms with Crippen molar-refractivity contribution in [1.82, 2.24) is 0 Å². The van der Waals surface area contributed by atoms with E-state index in [9.17, 15) is 28.9 Å². The second-order valence-electron chi connectivity index (χ2n) is 17.7. The molecule has 0 saturated heterocycles. The van der Waals surface area contributed by atoms with Gasteiger partial charge >= 0.3 is 25.7 Å². The molecular formula is C56H97O11P. The van der Waals surface area contributed by atoms with Crippen LogP contribution in [0.2, 0.25) is 0 Å². The molecule has 12 heteroatoms. The molecule has 3 unspecified atom stereocenters. The first-order chi connectivity index (χ1) is 33.2. The molecule has 2 N–H and O–H groups in total. The average Bonchev–Trinajstić information content (AvgIpc) is 3.32. The summed E-state index contributed by atoms with van der Waals surface area (Å²) in [5.74, 6) is -1.53. The first-order valence-electron chi connectivity index (χ1n) is 26.8. The molecule has 11 nitrogen and oxygen atoms in total. The van der Waals surface area contributed by atoms with Gasteiger partial charge in [0, 0.05) is 19.3 Å². The molecule has 0 radical (unpaired) electrons. The molecule has 0 saturated carbocycles. The van der Waals surface area contributed by atoms with E-state index < -0.39 is 57.8 Å². The average molecular weight is 977 g/mol. The lowest BCUT2D eigenvalue weighted by Gasteiger charge is -2.21. The van der Waals surface area contributed by atoms with Gasteiger partial charge in [0.2, 0.25) is 0 Å². The molecule has 0 aromatic heterocycles. The van der Waals surface area contributed by atoms with E-state index in [2.05, 4.69) is 93.7 Å². The fourth-order valence-corrected chi connectivity index (χ4v) is 7.81. The molecule has 3 atom stereocenters. The van der Waals surface area contributed by atoms with Crippen LogP contribution in [0.5, 0.6) is 0 Å². The van der Waals surface area contributed by atoms with Gasteiger partial charge in [0.05, 0.1) is 19.8 Å². The highest BCUT2D eigenvalue weighted by Crippen LogP contribution is 2.43. The number of carbonyl (C=O) groups excluding carboxylic acids is 3. The van der Waals surface area contributed by atoms with Gasteiger partial charge in [-0.05, 0) is 89.9 Å². The monoisotopic (exact) mass is 977 g/mol. The molecule has 0 aliphatic heterocycles. The van der Waals surface area contributed by atoms with Gasteiger partial charge in [-0.25, -0.2) is 4.57 Å². The van der Waals surface area contributed by atoms with E-state index in [1.165, 1.54) is 70.6 Å². The fourth-order valence-electron chi connectivity index (χ4n) is 7.02. The van der Waals surface area contributed by atoms with Crippen molar-refractivity contribution in [1.29, 1.82) is 0 Å². The van der Waals surface area contributed by atoms with Gasteiger partial charge in [-0.1, -0.05) is 190 Å². The minimum atomic E-state index is -4.75. The fraction of sp³-hybridized carbons (Fsp3) is 0.732. The lowest BCUT2D eigenvalue weighted by Crippen LogP contribution is -2.30. The van der Waals surface area contributed by atoms with Gasteiger partial charge in [0.1, 0.15) is 12.7 Å². The Balaban J connectivity index is 4.81. The van der Waals surface area contributed by atoms with Crippen LogP contribution in [0.3, 0.4) is 0 Å². The van der Waals surface area contributed by atoms with Crippen LogP contribution >= 0.6 is 7.82 Å². The summed E-state index contributed by atoms with van der Waals surface area (Å²) in [5.41, 5.74) is 0. The van der Waals surface area contributed by atoms with Crippen molar-refractivity contribution >= 4 is 25.7 Å². The molecule has 0 heterocycles. The molecule has 0 spiro atoms. The van der Waals surface area contributed by atoms with Crippen molar-refractivity contribution in [2.75, 3.05) is 26.4 Å². The Kier molecular flexibility index (Phi) is 48.0. The van der Waals surface area contributed by atoms with Gasteiger partial charge in [0.15, 0.2) is 6.10 Å². The predicted octanol–water partition coefficient (Wildman–Crippen LogP) is 15.4. The number of carbonyl (C=O) groups is 3. The Labute approximate surface area is 414 Å². The van der Waals surface area contributed by atoms with E-state index in [1.54, 1.807) is 0 Å². The Morgan fingerprint density at radius 1 is 0.426 bits per heavy atom. The van der Waals surface area contributed by atoms with Crippen LogP contribution in [-0.2, 0) is 42.2 Å². The second kappa shape index (κ2) is 50.3. The Morgan fingerprint density at radius 3 is 1.24 bits per heavy atom. The van der Waals surface area contributed by atoms with Crippen molar-refractivity contribution in [3.8, 4) is 0 Å². The normalized spacial score (nSPS) is 14.0. The summed E-state index contributed by atoms with van der Waals surface area (Å²) in [4.78, 5) is 48.3. The van der Waals surface area contributed by atoms with Crippen LogP contribution in [0.1, 0.15) is 226 Å². The largest absolute Gasteiger partial charge is 0.472 e. The van der Waals surface area contributed by atoms with E-state index in [1.807, 2.05) is 0 Å². The molecule has 0 rings (SSSR count). The molecule has 0 fully saturated rings. The van der Waals surface area contributed by atoms with Crippen LogP contribution in [-0.4, -0.2) is 66.5 Å². The van der Waals surface area contributed by atoms with Gasteiger partial charge in [-0.15, -0.1) is 0 Å². The first-order valence-corrected chi connectivity index (χ1v) is 28.3. The summed E-state index contributed by atoms with van der Waals surface area (Å²) >= 11 is 0. The van der Waals surface area contributed by atoms with Crippen LogP contribution in [0.25, 0.3) is 0 Å². The number of esters is 3. The topological polar surface area (TPSA) is 155 Å². The lowest BCUT2D eigenvalue weighted by atomic mass is 10.1. The predicted molar refractivity (Wildman–Crippen MR) is 279 cm³/mol. The third kappa shape index (κ3) is 48.0. The number of ether oxygens (including phenoxy) is 3. The van der Waals surface area contributed by atoms with Gasteiger partial charge in [-0.2, -0.15) is 0 Å². The number of phosphoric acid groups is 1. The molecule has 0 aromatic carbocycles. The highest BCUT2D eigenvalue weighted by Gasteiger charge is 2.28. The third-order valence-corrected chi connectivity index (χ3v) is 12.1. The number of allylic oxidation sites excluding steroid dienone is 12. The van der Waals surface area contributed by atoms with E-state index in [4.69, 9.17) is 23.3 Å².